The van der Waals surface area contributed by atoms with Gasteiger partial charge in [0.15, 0.2) is 5.96 Å². The minimum atomic E-state index is -3.44. The zero-order chi connectivity index (χ0) is 16.7. The maximum Gasteiger partial charge on any atom is 0.240 e. The van der Waals surface area contributed by atoms with Crippen molar-refractivity contribution in [1.82, 2.24) is 10.0 Å². The van der Waals surface area contributed by atoms with Crippen LogP contribution < -0.4 is 15.8 Å². The van der Waals surface area contributed by atoms with E-state index in [0.717, 1.165) is 12.0 Å². The first-order valence-electron chi connectivity index (χ1n) is 7.10. The smallest absolute Gasteiger partial charge is 0.240 e. The molecule has 6 nitrogen and oxygen atoms in total. The Morgan fingerprint density at radius 1 is 1.30 bits per heavy atom. The zero-order valence-electron chi connectivity index (χ0n) is 12.8. The first-order chi connectivity index (χ1) is 11.0. The summed E-state index contributed by atoms with van der Waals surface area (Å²) in [6.07, 6.45) is 0.893. The number of hydrogen-bond donors (Lipinski definition) is 3. The van der Waals surface area contributed by atoms with Gasteiger partial charge in [0, 0.05) is 11.4 Å². The Bertz CT molecular complexity index is 756. The average Bonchev–Trinajstić information content (AvgIpc) is 3.06. The third-order valence-corrected chi connectivity index (χ3v) is 5.52. The summed E-state index contributed by atoms with van der Waals surface area (Å²) >= 11 is 1.71. The van der Waals surface area contributed by atoms with E-state index >= 15 is 0 Å². The molecule has 0 amide bonds. The molecule has 2 rings (SSSR count). The van der Waals surface area contributed by atoms with Gasteiger partial charge in [0.05, 0.1) is 11.4 Å². The molecule has 0 spiro atoms. The average molecular weight is 352 g/mol. The van der Waals surface area contributed by atoms with Crippen molar-refractivity contribution >= 4 is 27.3 Å². The van der Waals surface area contributed by atoms with E-state index in [4.69, 9.17) is 5.73 Å². The molecule has 0 atom stereocenters. The molecule has 0 radical (unpaired) electrons. The highest BCUT2D eigenvalue weighted by Gasteiger charge is 2.11. The molecule has 8 heteroatoms. The maximum atomic E-state index is 11.8. The molecular weight excluding hydrogens is 332 g/mol. The predicted molar refractivity (Wildman–Crippen MR) is 94.0 cm³/mol. The van der Waals surface area contributed by atoms with E-state index in [1.54, 1.807) is 29.5 Å². The summed E-state index contributed by atoms with van der Waals surface area (Å²) in [6, 6.07) is 10.7. The molecule has 0 saturated heterocycles. The van der Waals surface area contributed by atoms with Gasteiger partial charge in [0.2, 0.25) is 10.0 Å². The van der Waals surface area contributed by atoms with Gasteiger partial charge in [0.1, 0.15) is 0 Å². The van der Waals surface area contributed by atoms with Crippen LogP contribution in [0.1, 0.15) is 10.4 Å². The maximum absolute atomic E-state index is 11.8. The SMILES string of the molecule is CNS(=O)(=O)c1cccc(CN=C(N)NCCc2cccs2)c1. The van der Waals surface area contributed by atoms with Crippen LogP contribution in [0, 0.1) is 0 Å². The van der Waals surface area contributed by atoms with Gasteiger partial charge < -0.3 is 11.1 Å². The monoisotopic (exact) mass is 352 g/mol. The molecule has 124 valence electrons. The van der Waals surface area contributed by atoms with Gasteiger partial charge in [-0.2, -0.15) is 0 Å². The third kappa shape index (κ3) is 5.34. The molecule has 0 bridgehead atoms. The van der Waals surface area contributed by atoms with Gasteiger partial charge in [-0.1, -0.05) is 18.2 Å². The van der Waals surface area contributed by atoms with Crippen LogP contribution in [0.2, 0.25) is 0 Å². The molecule has 0 aliphatic rings. The van der Waals surface area contributed by atoms with Crippen LogP contribution in [0.4, 0.5) is 0 Å². The van der Waals surface area contributed by atoms with Crippen molar-refractivity contribution in [2.24, 2.45) is 10.7 Å². The first-order valence-corrected chi connectivity index (χ1v) is 9.46. The van der Waals surface area contributed by atoms with Crippen LogP contribution in [-0.2, 0) is 23.0 Å². The molecule has 4 N–H and O–H groups in total. The van der Waals surface area contributed by atoms with E-state index in [9.17, 15) is 8.42 Å². The second-order valence-electron chi connectivity index (χ2n) is 4.81. The predicted octanol–water partition coefficient (Wildman–Crippen LogP) is 1.30. The summed E-state index contributed by atoms with van der Waals surface area (Å²) in [7, 11) is -2.06. The minimum Gasteiger partial charge on any atom is -0.370 e. The van der Waals surface area contributed by atoms with Crippen LogP contribution in [0.15, 0.2) is 51.7 Å². The number of rotatable bonds is 7. The summed E-state index contributed by atoms with van der Waals surface area (Å²) in [4.78, 5) is 5.74. The Hall–Kier alpha value is -1.90. The lowest BCUT2D eigenvalue weighted by molar-refractivity contribution is 0.588. The Morgan fingerprint density at radius 2 is 2.13 bits per heavy atom. The van der Waals surface area contributed by atoms with Gasteiger partial charge in [0.25, 0.3) is 0 Å². The summed E-state index contributed by atoms with van der Waals surface area (Å²) in [5.74, 6) is 0.350. The van der Waals surface area contributed by atoms with Crippen molar-refractivity contribution in [2.45, 2.75) is 17.9 Å². The topological polar surface area (TPSA) is 96.6 Å². The Balaban J connectivity index is 1.90. The first kappa shape index (κ1) is 17.5. The fraction of sp³-hybridized carbons (Fsp3) is 0.267. The van der Waals surface area contributed by atoms with E-state index < -0.39 is 10.0 Å². The normalized spacial score (nSPS) is 12.3. The Kier molecular flexibility index (Phi) is 6.14. The number of benzene rings is 1. The summed E-state index contributed by atoms with van der Waals surface area (Å²) in [5, 5.41) is 5.09. The third-order valence-electron chi connectivity index (χ3n) is 3.17. The number of nitrogens with two attached hydrogens (primary N) is 1. The molecule has 1 heterocycles. The molecule has 23 heavy (non-hydrogen) atoms. The lowest BCUT2D eigenvalue weighted by Gasteiger charge is -2.06. The van der Waals surface area contributed by atoms with Crippen LogP contribution in [-0.4, -0.2) is 28.0 Å². The van der Waals surface area contributed by atoms with Crippen molar-refractivity contribution < 1.29 is 8.42 Å². The van der Waals surface area contributed by atoms with Gasteiger partial charge >= 0.3 is 0 Å². The number of thiophene rings is 1. The number of sulfonamides is 1. The molecule has 2 aromatic rings. The quantitative estimate of drug-likeness (QED) is 0.517. The number of guanidine groups is 1. The van der Waals surface area contributed by atoms with Gasteiger partial charge in [-0.15, -0.1) is 11.3 Å². The Labute approximate surface area is 140 Å². The van der Waals surface area contributed by atoms with Crippen LogP contribution in [0.5, 0.6) is 0 Å². The molecule has 1 aromatic heterocycles. The summed E-state index contributed by atoms with van der Waals surface area (Å²) in [6.45, 7) is 1.04. The molecule has 1 aromatic carbocycles. The largest absolute Gasteiger partial charge is 0.370 e. The van der Waals surface area contributed by atoms with Crippen molar-refractivity contribution in [3.8, 4) is 0 Å². The number of aliphatic imine (C=N–C) groups is 1. The van der Waals surface area contributed by atoms with Gasteiger partial charge in [-0.05, 0) is 42.6 Å². The molecule has 0 aliphatic carbocycles. The van der Waals surface area contributed by atoms with Crippen molar-refractivity contribution in [1.29, 1.82) is 0 Å². The van der Waals surface area contributed by atoms with E-state index in [0.29, 0.717) is 19.0 Å². The number of nitrogens with zero attached hydrogens (tertiary/aromatic N) is 1. The van der Waals surface area contributed by atoms with Gasteiger partial charge in [-0.3, -0.25) is 0 Å². The lowest BCUT2D eigenvalue weighted by atomic mass is 10.2. The van der Waals surface area contributed by atoms with Crippen LogP contribution >= 0.6 is 11.3 Å². The summed E-state index contributed by atoms with van der Waals surface area (Å²) < 4.78 is 25.8. The molecule has 0 fully saturated rings. The molecule has 0 aliphatic heterocycles. The second kappa shape index (κ2) is 8.09. The fourth-order valence-corrected chi connectivity index (χ4v) is 3.44. The Morgan fingerprint density at radius 3 is 2.83 bits per heavy atom. The second-order valence-corrected chi connectivity index (χ2v) is 7.73. The minimum absolute atomic E-state index is 0.219. The highest BCUT2D eigenvalue weighted by atomic mass is 32.2. The lowest BCUT2D eigenvalue weighted by Crippen LogP contribution is -2.33. The van der Waals surface area contributed by atoms with E-state index in [1.165, 1.54) is 11.9 Å². The van der Waals surface area contributed by atoms with Crippen molar-refractivity contribution in [3.05, 3.63) is 52.2 Å². The van der Waals surface area contributed by atoms with Crippen LogP contribution in [0.25, 0.3) is 0 Å². The molecule has 0 saturated carbocycles. The standard InChI is InChI=1S/C15H20N4O2S2/c1-17-23(20,21)14-6-2-4-12(10-14)11-19-15(16)18-8-7-13-5-3-9-22-13/h2-6,9-10,17H,7-8,11H2,1H3,(H3,16,18,19). The molecular formula is C15H20N4O2S2. The number of hydrogen-bond acceptors (Lipinski definition) is 4. The number of nitrogens with one attached hydrogen (secondary N) is 2. The molecule has 0 unspecified atom stereocenters. The van der Waals surface area contributed by atoms with Crippen molar-refractivity contribution in [2.75, 3.05) is 13.6 Å². The van der Waals surface area contributed by atoms with E-state index in [2.05, 4.69) is 21.1 Å². The highest BCUT2D eigenvalue weighted by molar-refractivity contribution is 7.89. The van der Waals surface area contributed by atoms with E-state index in [1.807, 2.05) is 17.5 Å². The van der Waals surface area contributed by atoms with Crippen LogP contribution in [0.3, 0.4) is 0 Å². The summed E-state index contributed by atoms with van der Waals surface area (Å²) in [5.41, 5.74) is 6.60. The van der Waals surface area contributed by atoms with E-state index in [-0.39, 0.29) is 4.90 Å². The van der Waals surface area contributed by atoms with Gasteiger partial charge in [-0.25, -0.2) is 18.1 Å². The van der Waals surface area contributed by atoms with Crippen molar-refractivity contribution in [3.63, 3.8) is 0 Å². The fourth-order valence-electron chi connectivity index (χ4n) is 1.93. The highest BCUT2D eigenvalue weighted by Crippen LogP contribution is 2.12. The zero-order valence-corrected chi connectivity index (χ0v) is 14.5.